The van der Waals surface area contributed by atoms with Crippen LogP contribution in [0.1, 0.15) is 44.0 Å². The van der Waals surface area contributed by atoms with E-state index in [4.69, 9.17) is 14.2 Å². The number of ether oxygens (including phenoxy) is 4. The first kappa shape index (κ1) is 31.8. The number of rotatable bonds is 10. The number of amides is 2. The minimum Gasteiger partial charge on any atom is -0.482 e. The van der Waals surface area contributed by atoms with E-state index in [0.717, 1.165) is 0 Å². The molecule has 0 N–H and O–H groups in total. The van der Waals surface area contributed by atoms with Crippen molar-refractivity contribution in [3.8, 4) is 5.75 Å². The molecule has 13 heteroatoms. The van der Waals surface area contributed by atoms with Crippen LogP contribution in [0.2, 0.25) is 0 Å². The van der Waals surface area contributed by atoms with E-state index >= 15 is 0 Å². The zero-order valence-corrected chi connectivity index (χ0v) is 23.3. The summed E-state index contributed by atoms with van der Waals surface area (Å²) in [4.78, 5) is 65.2. The molecule has 2 fully saturated rings. The summed E-state index contributed by atoms with van der Waals surface area (Å²) in [6.07, 6.45) is 0.634. The Labute approximate surface area is 233 Å². The van der Waals surface area contributed by atoms with E-state index in [1.807, 2.05) is 0 Å². The molecular weight excluding hydrogens is 534 g/mol. The predicted molar refractivity (Wildman–Crippen MR) is 141 cm³/mol. The summed E-state index contributed by atoms with van der Waals surface area (Å²) >= 11 is 0. The van der Waals surface area contributed by atoms with Crippen LogP contribution in [0.5, 0.6) is 5.75 Å². The number of carbonyl (C=O) groups excluding carboxylic acids is 5. The summed E-state index contributed by atoms with van der Waals surface area (Å²) in [6, 6.07) is 6.58. The van der Waals surface area contributed by atoms with Crippen molar-refractivity contribution < 1.29 is 42.9 Å². The summed E-state index contributed by atoms with van der Waals surface area (Å²) in [7, 11) is 0. The first-order valence-electron chi connectivity index (χ1n) is 12.6. The number of piperazine rings is 1. The highest BCUT2D eigenvalue weighted by Crippen LogP contribution is 2.20. The molecule has 0 unspecified atom stereocenters. The molecule has 39 heavy (non-hydrogen) atoms. The second kappa shape index (κ2) is 15.3. The van der Waals surface area contributed by atoms with Gasteiger partial charge in [-0.05, 0) is 51.0 Å². The van der Waals surface area contributed by atoms with E-state index in [1.165, 1.54) is 6.92 Å². The van der Waals surface area contributed by atoms with Crippen molar-refractivity contribution in [2.75, 3.05) is 52.7 Å². The van der Waals surface area contributed by atoms with E-state index in [1.54, 1.807) is 47.9 Å². The topological polar surface area (TPSA) is 132 Å². The molecule has 0 saturated carbocycles. The van der Waals surface area contributed by atoms with Gasteiger partial charge in [0.2, 0.25) is 12.7 Å². The SMILES string of the molecule is CC(=O)OCOC(=O)N1CCC(N2CCN(CC(=O)c3ccc(OCC(=O)OC(C)C)cc3)C(=O)C2)CC1.Cl. The second-order valence-corrected chi connectivity index (χ2v) is 9.44. The minimum atomic E-state index is -0.530. The maximum atomic E-state index is 12.8. The van der Waals surface area contributed by atoms with Gasteiger partial charge in [0.1, 0.15) is 5.75 Å². The molecule has 2 amide bonds. The zero-order valence-electron chi connectivity index (χ0n) is 22.5. The number of carbonyl (C=O) groups is 5. The first-order valence-corrected chi connectivity index (χ1v) is 12.6. The Kier molecular flexibility index (Phi) is 12.5. The van der Waals surface area contributed by atoms with Crippen molar-refractivity contribution in [1.29, 1.82) is 0 Å². The predicted octanol–water partition coefficient (Wildman–Crippen LogP) is 1.89. The Morgan fingerprint density at radius 3 is 2.23 bits per heavy atom. The van der Waals surface area contributed by atoms with Crippen LogP contribution < -0.4 is 4.74 Å². The molecule has 2 saturated heterocycles. The fourth-order valence-electron chi connectivity index (χ4n) is 4.31. The normalized spacial score (nSPS) is 16.4. The third-order valence-corrected chi connectivity index (χ3v) is 6.27. The highest BCUT2D eigenvalue weighted by molar-refractivity contribution is 5.99. The van der Waals surface area contributed by atoms with Crippen LogP contribution in [0.25, 0.3) is 0 Å². The molecular formula is C26H36ClN3O9. The number of Topliss-reactive ketones (excluding diaryl/α,β-unsaturated/α-hetero) is 1. The highest BCUT2D eigenvalue weighted by atomic mass is 35.5. The van der Waals surface area contributed by atoms with Crippen molar-refractivity contribution in [1.82, 2.24) is 14.7 Å². The van der Waals surface area contributed by atoms with Gasteiger partial charge >= 0.3 is 18.0 Å². The Morgan fingerprint density at radius 1 is 0.974 bits per heavy atom. The summed E-state index contributed by atoms with van der Waals surface area (Å²) in [5, 5.41) is 0. The molecule has 2 heterocycles. The van der Waals surface area contributed by atoms with Crippen molar-refractivity contribution in [2.45, 2.75) is 45.8 Å². The highest BCUT2D eigenvalue weighted by Gasteiger charge is 2.33. The number of hydrogen-bond donors (Lipinski definition) is 0. The Balaban J connectivity index is 0.00000533. The maximum absolute atomic E-state index is 12.8. The van der Waals surface area contributed by atoms with Crippen molar-refractivity contribution in [2.24, 2.45) is 0 Å². The van der Waals surface area contributed by atoms with Crippen molar-refractivity contribution in [3.05, 3.63) is 29.8 Å². The van der Waals surface area contributed by atoms with E-state index in [0.29, 0.717) is 50.3 Å². The summed E-state index contributed by atoms with van der Waals surface area (Å²) < 4.78 is 20.0. The molecule has 0 radical (unpaired) electrons. The first-order chi connectivity index (χ1) is 18.1. The molecule has 3 rings (SSSR count). The van der Waals surface area contributed by atoms with Crippen LogP contribution in [0.4, 0.5) is 4.79 Å². The van der Waals surface area contributed by atoms with Gasteiger partial charge in [-0.1, -0.05) is 0 Å². The van der Waals surface area contributed by atoms with Gasteiger partial charge in [-0.2, -0.15) is 0 Å². The lowest BCUT2D eigenvalue weighted by molar-refractivity contribution is -0.150. The lowest BCUT2D eigenvalue weighted by atomic mass is 10.0. The number of nitrogens with zero attached hydrogens (tertiary/aromatic N) is 3. The van der Waals surface area contributed by atoms with Gasteiger partial charge < -0.3 is 28.7 Å². The molecule has 2 aliphatic rings. The Hall–Kier alpha value is -3.38. The van der Waals surface area contributed by atoms with Crippen LogP contribution in [-0.4, -0.2) is 109 Å². The van der Waals surface area contributed by atoms with Crippen molar-refractivity contribution >= 4 is 42.1 Å². The van der Waals surface area contributed by atoms with Crippen molar-refractivity contribution in [3.63, 3.8) is 0 Å². The third kappa shape index (κ3) is 10.0. The molecule has 0 atom stereocenters. The van der Waals surface area contributed by atoms with Gasteiger partial charge in [0.25, 0.3) is 0 Å². The van der Waals surface area contributed by atoms with E-state index < -0.39 is 24.8 Å². The maximum Gasteiger partial charge on any atom is 0.412 e. The van der Waals surface area contributed by atoms with Crippen LogP contribution in [0, 0.1) is 0 Å². The number of halogens is 1. The van der Waals surface area contributed by atoms with Crippen LogP contribution in [0.3, 0.4) is 0 Å². The van der Waals surface area contributed by atoms with Gasteiger partial charge in [-0.25, -0.2) is 9.59 Å². The largest absolute Gasteiger partial charge is 0.482 e. The fraction of sp³-hybridized carbons (Fsp3) is 0.577. The molecule has 1 aromatic rings. The number of esters is 2. The number of benzene rings is 1. The number of likely N-dealkylation sites (tertiary alicyclic amines) is 1. The molecule has 0 aliphatic carbocycles. The average molecular weight is 570 g/mol. The third-order valence-electron chi connectivity index (χ3n) is 6.27. The van der Waals surface area contributed by atoms with Gasteiger partial charge in [-0.15, -0.1) is 12.4 Å². The monoisotopic (exact) mass is 569 g/mol. The quantitative estimate of drug-likeness (QED) is 0.234. The fourth-order valence-corrected chi connectivity index (χ4v) is 4.31. The lowest BCUT2D eigenvalue weighted by Gasteiger charge is -2.41. The van der Waals surface area contributed by atoms with Gasteiger partial charge in [0.05, 0.1) is 19.2 Å². The molecule has 1 aromatic carbocycles. The number of ketones is 1. The Bertz CT molecular complexity index is 1010. The molecule has 12 nitrogen and oxygen atoms in total. The number of hydrogen-bond acceptors (Lipinski definition) is 10. The van der Waals surface area contributed by atoms with Gasteiger partial charge in [0, 0.05) is 44.7 Å². The zero-order chi connectivity index (χ0) is 27.7. The Morgan fingerprint density at radius 2 is 1.64 bits per heavy atom. The molecule has 0 aromatic heterocycles. The van der Waals surface area contributed by atoms with Gasteiger partial charge in [-0.3, -0.25) is 19.3 Å². The molecule has 216 valence electrons. The summed E-state index contributed by atoms with van der Waals surface area (Å²) in [5.74, 6) is -0.848. The molecule has 0 spiro atoms. The summed E-state index contributed by atoms with van der Waals surface area (Å²) in [6.45, 7) is 6.36. The van der Waals surface area contributed by atoms with E-state index in [9.17, 15) is 24.0 Å². The minimum absolute atomic E-state index is 0. The number of piperidine rings is 1. The van der Waals surface area contributed by atoms with Crippen LogP contribution in [-0.2, 0) is 28.6 Å². The van der Waals surface area contributed by atoms with E-state index in [-0.39, 0.29) is 55.9 Å². The smallest absolute Gasteiger partial charge is 0.412 e. The second-order valence-electron chi connectivity index (χ2n) is 9.44. The summed E-state index contributed by atoms with van der Waals surface area (Å²) in [5.41, 5.74) is 0.449. The van der Waals surface area contributed by atoms with Crippen LogP contribution >= 0.6 is 12.4 Å². The lowest BCUT2D eigenvalue weighted by Crippen LogP contribution is -2.56. The van der Waals surface area contributed by atoms with Gasteiger partial charge in [0.15, 0.2) is 12.4 Å². The molecule has 2 aliphatic heterocycles. The van der Waals surface area contributed by atoms with Crippen LogP contribution in [0.15, 0.2) is 24.3 Å². The average Bonchev–Trinajstić information content (AvgIpc) is 2.88. The molecule has 0 bridgehead atoms. The standard InChI is InChI=1S/C26H35N3O9.ClH/c1-18(2)38-25(33)16-35-22-6-4-20(5-7-22)23(31)14-29-13-12-28(15-24(29)32)21-8-10-27(11-9-21)26(34)37-17-36-19(3)30;/h4-7,18,21H,8-17H2,1-3H3;1H. The van der Waals surface area contributed by atoms with E-state index in [2.05, 4.69) is 9.64 Å².